The lowest BCUT2D eigenvalue weighted by molar-refractivity contribution is 0.102. The van der Waals surface area contributed by atoms with Crippen LogP contribution in [0.15, 0.2) is 60.1 Å². The third kappa shape index (κ3) is 5.43. The highest BCUT2D eigenvalue weighted by molar-refractivity contribution is 14.1. The molecule has 7 heteroatoms. The molecule has 1 amide bonds. The monoisotopic (exact) mass is 668 g/mol. The zero-order valence-corrected chi connectivity index (χ0v) is 22.5. The fraction of sp³-hybridized carbons (Fsp3) is 0.200. The van der Waals surface area contributed by atoms with Crippen LogP contribution in [0.3, 0.4) is 0 Å². The predicted molar refractivity (Wildman–Crippen MR) is 150 cm³/mol. The maximum Gasteiger partial charge on any atom is 0.259 e. The van der Waals surface area contributed by atoms with E-state index in [1.54, 1.807) is 17.4 Å². The van der Waals surface area contributed by atoms with E-state index in [9.17, 15) is 4.79 Å². The smallest absolute Gasteiger partial charge is 0.259 e. The first-order chi connectivity index (χ1) is 15.6. The Morgan fingerprint density at radius 2 is 1.88 bits per heavy atom. The van der Waals surface area contributed by atoms with Crippen LogP contribution >= 0.6 is 56.5 Å². The number of thiophene rings is 1. The molecule has 0 fully saturated rings. The fourth-order valence-corrected chi connectivity index (χ4v) is 7.02. The molecule has 0 spiro atoms. The molecule has 164 valence electrons. The van der Waals surface area contributed by atoms with E-state index in [1.165, 1.54) is 16.9 Å². The molecule has 1 heterocycles. The van der Waals surface area contributed by atoms with Crippen LogP contribution in [0.1, 0.15) is 39.2 Å². The second kappa shape index (κ2) is 10.9. The molecular formula is C25H22I2N2O2S. The number of halogens is 2. The molecule has 0 saturated carbocycles. The molecule has 0 atom stereocenters. The van der Waals surface area contributed by atoms with Gasteiger partial charge in [0.25, 0.3) is 5.91 Å². The van der Waals surface area contributed by atoms with Crippen LogP contribution in [0.5, 0.6) is 5.75 Å². The van der Waals surface area contributed by atoms with Gasteiger partial charge < -0.3 is 10.1 Å². The number of fused-ring (bicyclic) bond motifs is 1. The van der Waals surface area contributed by atoms with Gasteiger partial charge in [-0.05, 0) is 106 Å². The number of carbonyl (C=O) groups is 1. The Kier molecular flexibility index (Phi) is 8.01. The molecule has 4 rings (SSSR count). The summed E-state index contributed by atoms with van der Waals surface area (Å²) in [5.41, 5.74) is 3.66. The van der Waals surface area contributed by atoms with E-state index in [-0.39, 0.29) is 5.91 Å². The number of benzene rings is 2. The van der Waals surface area contributed by atoms with Crippen molar-refractivity contribution in [3.63, 3.8) is 0 Å². The number of para-hydroxylation sites is 1. The normalized spacial score (nSPS) is 13.1. The van der Waals surface area contributed by atoms with E-state index in [0.717, 1.165) is 54.0 Å². The molecule has 0 saturated heterocycles. The molecule has 0 bridgehead atoms. The SMILES string of the molecule is C=CCOc1c(I)cc(C=Nc2sc3c(c2C(=O)Nc2ccccc2)CCCC3)cc1I. The van der Waals surface area contributed by atoms with Crippen LogP contribution in [0.4, 0.5) is 10.7 Å². The van der Waals surface area contributed by atoms with Crippen molar-refractivity contribution in [3.8, 4) is 5.75 Å². The first-order valence-corrected chi connectivity index (χ1v) is 13.3. The highest BCUT2D eigenvalue weighted by Gasteiger charge is 2.25. The minimum Gasteiger partial charge on any atom is -0.487 e. The molecule has 1 aliphatic carbocycles. The van der Waals surface area contributed by atoms with Crippen molar-refractivity contribution in [1.29, 1.82) is 0 Å². The summed E-state index contributed by atoms with van der Waals surface area (Å²) in [4.78, 5) is 19.3. The van der Waals surface area contributed by atoms with Crippen molar-refractivity contribution in [2.24, 2.45) is 4.99 Å². The van der Waals surface area contributed by atoms with Gasteiger partial charge in [-0.1, -0.05) is 30.9 Å². The number of nitrogens with one attached hydrogen (secondary N) is 1. The summed E-state index contributed by atoms with van der Waals surface area (Å²) >= 11 is 6.20. The van der Waals surface area contributed by atoms with Crippen molar-refractivity contribution < 1.29 is 9.53 Å². The standard InChI is InChI=1S/C25H22I2N2O2S/c1-2-12-31-23-19(26)13-16(14-20(23)27)15-28-25-22(18-10-6-7-11-21(18)32-25)24(30)29-17-8-4-3-5-9-17/h2-5,8-9,13-15H,1,6-7,10-12H2,(H,29,30). The number of aryl methyl sites for hydroxylation is 1. The molecule has 0 radical (unpaired) electrons. The van der Waals surface area contributed by atoms with Gasteiger partial charge in [0.15, 0.2) is 0 Å². The summed E-state index contributed by atoms with van der Waals surface area (Å²) < 4.78 is 7.81. The summed E-state index contributed by atoms with van der Waals surface area (Å²) in [5.74, 6) is 0.776. The van der Waals surface area contributed by atoms with E-state index >= 15 is 0 Å². The number of carbonyl (C=O) groups excluding carboxylic acids is 1. The van der Waals surface area contributed by atoms with Gasteiger partial charge in [-0.2, -0.15) is 0 Å². The molecule has 1 aromatic heterocycles. The minimum absolute atomic E-state index is 0.0833. The fourth-order valence-electron chi connectivity index (χ4n) is 3.66. The van der Waals surface area contributed by atoms with E-state index < -0.39 is 0 Å². The molecule has 1 aliphatic rings. The van der Waals surface area contributed by atoms with Crippen LogP contribution in [0, 0.1) is 7.14 Å². The number of hydrogen-bond acceptors (Lipinski definition) is 4. The maximum atomic E-state index is 13.2. The van der Waals surface area contributed by atoms with Crippen LogP contribution < -0.4 is 10.1 Å². The Morgan fingerprint density at radius 1 is 1.16 bits per heavy atom. The minimum atomic E-state index is -0.0833. The summed E-state index contributed by atoms with van der Waals surface area (Å²) in [6.07, 6.45) is 7.82. The molecule has 0 aliphatic heterocycles. The number of anilines is 1. The summed E-state index contributed by atoms with van der Waals surface area (Å²) in [5, 5.41) is 3.83. The number of nitrogens with zero attached hydrogens (tertiary/aromatic N) is 1. The van der Waals surface area contributed by atoms with Gasteiger partial charge >= 0.3 is 0 Å². The number of rotatable bonds is 7. The molecule has 2 aromatic carbocycles. The Morgan fingerprint density at radius 3 is 2.59 bits per heavy atom. The van der Waals surface area contributed by atoms with Gasteiger partial charge in [-0.3, -0.25) is 4.79 Å². The van der Waals surface area contributed by atoms with Crippen molar-refractivity contribution in [2.75, 3.05) is 11.9 Å². The third-order valence-electron chi connectivity index (χ3n) is 5.11. The zero-order valence-electron chi connectivity index (χ0n) is 17.4. The molecule has 4 nitrogen and oxygen atoms in total. The Labute approximate surface area is 219 Å². The molecule has 3 aromatic rings. The van der Waals surface area contributed by atoms with Gasteiger partial charge in [0, 0.05) is 16.8 Å². The predicted octanol–water partition coefficient (Wildman–Crippen LogP) is 7.40. The third-order valence-corrected chi connectivity index (χ3v) is 7.91. The molecule has 32 heavy (non-hydrogen) atoms. The van der Waals surface area contributed by atoms with Crippen molar-refractivity contribution >= 4 is 79.3 Å². The van der Waals surface area contributed by atoms with Crippen molar-refractivity contribution in [3.05, 3.63) is 83.8 Å². The molecular weight excluding hydrogens is 646 g/mol. The number of aliphatic imine (C=N–C) groups is 1. The molecule has 0 unspecified atom stereocenters. The van der Waals surface area contributed by atoms with Gasteiger partial charge in [0.2, 0.25) is 0 Å². The second-order valence-corrected chi connectivity index (χ2v) is 10.8. The average Bonchev–Trinajstić information content (AvgIpc) is 3.16. The Balaban J connectivity index is 1.65. The zero-order chi connectivity index (χ0) is 22.5. The first-order valence-electron chi connectivity index (χ1n) is 10.3. The summed E-state index contributed by atoms with van der Waals surface area (Å²) in [7, 11) is 0. The molecule has 1 N–H and O–H groups in total. The van der Waals surface area contributed by atoms with Gasteiger partial charge in [0.05, 0.1) is 12.7 Å². The van der Waals surface area contributed by atoms with Crippen LogP contribution in [-0.4, -0.2) is 18.7 Å². The van der Waals surface area contributed by atoms with Crippen molar-refractivity contribution in [1.82, 2.24) is 0 Å². The average molecular weight is 668 g/mol. The lowest BCUT2D eigenvalue weighted by atomic mass is 9.95. The van der Waals surface area contributed by atoms with Crippen LogP contribution in [0.25, 0.3) is 0 Å². The summed E-state index contributed by atoms with van der Waals surface area (Å²) in [6.45, 7) is 4.18. The largest absolute Gasteiger partial charge is 0.487 e. The van der Waals surface area contributed by atoms with Gasteiger partial charge in [-0.15, -0.1) is 11.3 Å². The maximum absolute atomic E-state index is 13.2. The topological polar surface area (TPSA) is 50.7 Å². The van der Waals surface area contributed by atoms with Crippen LogP contribution in [0.2, 0.25) is 0 Å². The highest BCUT2D eigenvalue weighted by atomic mass is 127. The van der Waals surface area contributed by atoms with Crippen molar-refractivity contribution in [2.45, 2.75) is 25.7 Å². The lowest BCUT2D eigenvalue weighted by Gasteiger charge is -2.12. The second-order valence-electron chi connectivity index (χ2n) is 7.38. The first kappa shape index (κ1) is 23.4. The summed E-state index contributed by atoms with van der Waals surface area (Å²) in [6, 6.07) is 13.7. The quantitative estimate of drug-likeness (QED) is 0.162. The van der Waals surface area contributed by atoms with E-state index in [2.05, 4.69) is 57.1 Å². The number of ether oxygens (including phenoxy) is 1. The van der Waals surface area contributed by atoms with Gasteiger partial charge in [0.1, 0.15) is 17.4 Å². The number of amides is 1. The van der Waals surface area contributed by atoms with Gasteiger partial charge in [-0.25, -0.2) is 4.99 Å². The van der Waals surface area contributed by atoms with E-state index in [4.69, 9.17) is 9.73 Å². The van der Waals surface area contributed by atoms with Crippen LogP contribution in [-0.2, 0) is 12.8 Å². The Hall–Kier alpha value is -1.72. The van der Waals surface area contributed by atoms with E-state index in [0.29, 0.717) is 6.61 Å². The Bertz CT molecular complexity index is 1150. The number of hydrogen-bond donors (Lipinski definition) is 1. The van der Waals surface area contributed by atoms with E-state index in [1.807, 2.05) is 48.7 Å². The highest BCUT2D eigenvalue weighted by Crippen LogP contribution is 2.40. The lowest BCUT2D eigenvalue weighted by Crippen LogP contribution is -2.14.